The Morgan fingerprint density at radius 1 is 0.672 bits per heavy atom. The molecule has 10 rings (SSSR count). The number of aromatic nitrogens is 4. The highest BCUT2D eigenvalue weighted by molar-refractivity contribution is 5.88. The van der Waals surface area contributed by atoms with E-state index in [4.69, 9.17) is 23.9 Å². The van der Waals surface area contributed by atoms with E-state index >= 15 is 4.39 Å². The molecular weight excluding hydrogens is 860 g/mol. The van der Waals surface area contributed by atoms with Gasteiger partial charge < -0.3 is 49.3 Å². The SMILES string of the molecule is COC(=O)NC(C(=O)N1C(C)CCC1c1ncc(-c2ccc(-c3ccc(-c4cnc(C5CCC(C)N5C(=O)C(NC(=O)OC)C5CCOC6(CC6)C5)[nH]4)c(F)c3)cc2)[nH]1)C1CCOC2(CC2)C1. The van der Waals surface area contributed by atoms with Crippen molar-refractivity contribution in [3.05, 3.63) is 72.3 Å². The van der Waals surface area contributed by atoms with Crippen LogP contribution in [0.1, 0.15) is 115 Å². The molecule has 2 saturated carbocycles. The molecule has 2 aromatic heterocycles. The summed E-state index contributed by atoms with van der Waals surface area (Å²) in [6, 6.07) is 10.6. The number of hydrogen-bond donors (Lipinski definition) is 4. The number of nitrogens with zero attached hydrogens (tertiary/aromatic N) is 4. The first-order valence-corrected chi connectivity index (χ1v) is 24.0. The topological polar surface area (TPSA) is 193 Å². The summed E-state index contributed by atoms with van der Waals surface area (Å²) in [5.74, 6) is 0.384. The smallest absolute Gasteiger partial charge is 0.407 e. The average molecular weight is 921 g/mol. The number of carbonyl (C=O) groups excluding carboxylic acids is 4. The van der Waals surface area contributed by atoms with Gasteiger partial charge >= 0.3 is 12.2 Å². The van der Waals surface area contributed by atoms with Crippen molar-refractivity contribution >= 4 is 24.0 Å². The fourth-order valence-electron chi connectivity index (χ4n) is 11.4. The molecule has 8 atom stereocenters. The molecule has 6 fully saturated rings. The highest BCUT2D eigenvalue weighted by Gasteiger charge is 2.53. The lowest BCUT2D eigenvalue weighted by molar-refractivity contribution is -0.140. The van der Waals surface area contributed by atoms with Crippen LogP contribution in [0, 0.1) is 17.7 Å². The summed E-state index contributed by atoms with van der Waals surface area (Å²) in [6.07, 6.45) is 11.7. The zero-order chi connectivity index (χ0) is 46.6. The molecule has 4 N–H and O–H groups in total. The maximum atomic E-state index is 16.0. The first-order valence-electron chi connectivity index (χ1n) is 24.0. The Balaban J connectivity index is 0.816. The number of likely N-dealkylation sites (tertiary alicyclic amines) is 2. The van der Waals surface area contributed by atoms with Gasteiger partial charge in [0.2, 0.25) is 11.8 Å². The fraction of sp³-hybridized carbons (Fsp3) is 0.560. The van der Waals surface area contributed by atoms with Crippen LogP contribution in [0.4, 0.5) is 14.0 Å². The number of imidazole rings is 2. The number of H-pyrrole nitrogens is 2. The van der Waals surface area contributed by atoms with Crippen LogP contribution in [0.3, 0.4) is 0 Å². The van der Waals surface area contributed by atoms with E-state index in [1.54, 1.807) is 18.5 Å². The van der Waals surface area contributed by atoms with Crippen molar-refractivity contribution in [1.82, 2.24) is 40.4 Å². The van der Waals surface area contributed by atoms with Gasteiger partial charge in [0.25, 0.3) is 0 Å². The molecule has 6 aliphatic rings. The number of aromatic amines is 2. The van der Waals surface area contributed by atoms with E-state index in [0.29, 0.717) is 67.4 Å². The highest BCUT2D eigenvalue weighted by atomic mass is 19.1. The quantitative estimate of drug-likeness (QED) is 0.116. The minimum Gasteiger partial charge on any atom is -0.453 e. The predicted molar refractivity (Wildman–Crippen MR) is 244 cm³/mol. The number of methoxy groups -OCH3 is 2. The van der Waals surface area contributed by atoms with Gasteiger partial charge in [0.1, 0.15) is 29.5 Å². The maximum absolute atomic E-state index is 16.0. The zero-order valence-electron chi connectivity index (χ0n) is 38.6. The van der Waals surface area contributed by atoms with Crippen molar-refractivity contribution in [2.75, 3.05) is 27.4 Å². The van der Waals surface area contributed by atoms with Gasteiger partial charge in [0, 0.05) is 30.9 Å². The molecule has 16 nitrogen and oxygen atoms in total. The predicted octanol–water partition coefficient (Wildman–Crippen LogP) is 7.74. The summed E-state index contributed by atoms with van der Waals surface area (Å²) < 4.78 is 38.0. The van der Waals surface area contributed by atoms with Gasteiger partial charge in [-0.2, -0.15) is 0 Å². The van der Waals surface area contributed by atoms with Crippen molar-refractivity contribution in [2.24, 2.45) is 11.8 Å². The number of hydrogen-bond acceptors (Lipinski definition) is 10. The van der Waals surface area contributed by atoms with E-state index in [1.807, 2.05) is 54.0 Å². The second-order valence-electron chi connectivity index (χ2n) is 19.8. The molecule has 17 heteroatoms. The van der Waals surface area contributed by atoms with Gasteiger partial charge in [-0.05, 0) is 132 Å². The van der Waals surface area contributed by atoms with E-state index in [1.165, 1.54) is 20.3 Å². The number of benzene rings is 2. The Morgan fingerprint density at radius 2 is 1.13 bits per heavy atom. The van der Waals surface area contributed by atoms with Crippen molar-refractivity contribution in [3.8, 4) is 33.6 Å². The fourth-order valence-corrected chi connectivity index (χ4v) is 11.4. The summed E-state index contributed by atoms with van der Waals surface area (Å²) in [5.41, 5.74) is 3.70. The lowest BCUT2D eigenvalue weighted by atomic mass is 9.86. The van der Waals surface area contributed by atoms with Gasteiger partial charge in [0.15, 0.2) is 0 Å². The van der Waals surface area contributed by atoms with E-state index < -0.39 is 30.1 Å². The molecule has 2 aromatic carbocycles. The normalized spacial score (nSPS) is 26.8. The van der Waals surface area contributed by atoms with E-state index in [-0.39, 0.29) is 59.0 Å². The average Bonchev–Trinajstić information content (AvgIpc) is 3.87. The third-order valence-electron chi connectivity index (χ3n) is 15.5. The molecule has 2 aliphatic carbocycles. The lowest BCUT2D eigenvalue weighted by Crippen LogP contribution is -2.55. The first kappa shape index (κ1) is 45.0. The highest BCUT2D eigenvalue weighted by Crippen LogP contribution is 2.51. The van der Waals surface area contributed by atoms with Crippen LogP contribution < -0.4 is 10.6 Å². The minimum atomic E-state index is -0.763. The number of carbonyl (C=O) groups is 4. The molecular formula is C50H61FN8O8. The van der Waals surface area contributed by atoms with Crippen LogP contribution in [0.15, 0.2) is 54.9 Å². The molecule has 4 aromatic rings. The molecule has 6 heterocycles. The molecule has 2 spiro atoms. The third-order valence-corrected chi connectivity index (χ3v) is 15.5. The van der Waals surface area contributed by atoms with E-state index in [9.17, 15) is 19.2 Å². The molecule has 4 aliphatic heterocycles. The molecule has 4 saturated heterocycles. The Labute approximate surface area is 389 Å². The first-order chi connectivity index (χ1) is 32.4. The summed E-state index contributed by atoms with van der Waals surface area (Å²) in [7, 11) is 2.61. The van der Waals surface area contributed by atoms with Crippen molar-refractivity contribution in [2.45, 2.75) is 138 Å². The number of rotatable bonds is 11. The Hall–Kier alpha value is -5.81. The Morgan fingerprint density at radius 3 is 1.61 bits per heavy atom. The summed E-state index contributed by atoms with van der Waals surface area (Å²) >= 11 is 0. The zero-order valence-corrected chi connectivity index (χ0v) is 38.6. The second-order valence-corrected chi connectivity index (χ2v) is 19.8. The lowest BCUT2D eigenvalue weighted by Gasteiger charge is -2.38. The number of amides is 4. The van der Waals surface area contributed by atoms with E-state index in [2.05, 4.69) is 25.6 Å². The van der Waals surface area contributed by atoms with Crippen LogP contribution >= 0.6 is 0 Å². The number of ether oxygens (including phenoxy) is 4. The molecule has 4 amide bonds. The van der Waals surface area contributed by atoms with Crippen LogP contribution in [-0.2, 0) is 28.5 Å². The second kappa shape index (κ2) is 18.0. The largest absolute Gasteiger partial charge is 0.453 e. The third kappa shape index (κ3) is 8.92. The monoisotopic (exact) mass is 920 g/mol. The van der Waals surface area contributed by atoms with Gasteiger partial charge in [-0.25, -0.2) is 23.9 Å². The number of halogens is 1. The molecule has 356 valence electrons. The Bertz CT molecular complexity index is 2500. The van der Waals surface area contributed by atoms with Crippen molar-refractivity contribution < 1.29 is 42.5 Å². The summed E-state index contributed by atoms with van der Waals surface area (Å²) in [6.45, 7) is 5.16. The Kier molecular flexibility index (Phi) is 12.1. The molecule has 0 bridgehead atoms. The number of alkyl carbamates (subject to hydrolysis) is 2. The van der Waals surface area contributed by atoms with Crippen molar-refractivity contribution in [1.29, 1.82) is 0 Å². The van der Waals surface area contributed by atoms with Crippen LogP contribution in [-0.4, -0.2) is 117 Å². The van der Waals surface area contributed by atoms with Crippen LogP contribution in [0.5, 0.6) is 0 Å². The maximum Gasteiger partial charge on any atom is 0.407 e. The van der Waals surface area contributed by atoms with Gasteiger partial charge in [-0.1, -0.05) is 30.3 Å². The van der Waals surface area contributed by atoms with Crippen LogP contribution in [0.2, 0.25) is 0 Å². The van der Waals surface area contributed by atoms with Gasteiger partial charge in [-0.15, -0.1) is 0 Å². The molecule has 67 heavy (non-hydrogen) atoms. The standard InChI is InChI=1S/C50H61FN8O8/c1-28-5-13-39(58(28)45(60)41(56-47(62)64-3)33-15-21-66-49(24-33)17-18-49)43-52-26-37(54-43)31-9-7-30(8-10-31)32-11-12-35(36(51)23-32)38-27-53-44(55-38)40-14-6-29(2)59(40)46(61)42(57-48(63)65-4)34-16-22-67-50(25-34)19-20-50/h7-12,23,26-29,33-34,39-42H,5-6,13-22,24-25H2,1-4H3,(H,52,54)(H,53,55)(H,56,62)(H,57,63). The summed E-state index contributed by atoms with van der Waals surface area (Å²) in [4.78, 5) is 73.9. The van der Waals surface area contributed by atoms with Crippen molar-refractivity contribution in [3.63, 3.8) is 0 Å². The summed E-state index contributed by atoms with van der Waals surface area (Å²) in [5, 5.41) is 5.74. The van der Waals surface area contributed by atoms with Crippen LogP contribution in [0.25, 0.3) is 33.6 Å². The van der Waals surface area contributed by atoms with Gasteiger partial charge in [0.05, 0.1) is 61.3 Å². The van der Waals surface area contributed by atoms with E-state index in [0.717, 1.165) is 68.2 Å². The molecule has 8 unspecified atom stereocenters. The van der Waals surface area contributed by atoms with Gasteiger partial charge in [-0.3, -0.25) is 9.59 Å². The molecule has 0 radical (unpaired) electrons. The number of nitrogens with one attached hydrogen (secondary N) is 4. The minimum absolute atomic E-state index is 0.0466.